The first kappa shape index (κ1) is 12.6. The largest absolute Gasteiger partial charge is 0.475 e. The van der Waals surface area contributed by atoms with Gasteiger partial charge in [0.15, 0.2) is 0 Å². The number of aromatic nitrogens is 1. The third kappa shape index (κ3) is 3.27. The standard InChI is InChI=1S/C9H11F3N2O2/c1-13-7-4-6(9(10,11)12)5-8(14-7)16-3-2-15/h4-5,15H,2-3H2,1H3,(H,13,14). The second-order valence-corrected chi connectivity index (χ2v) is 2.90. The first-order valence-corrected chi connectivity index (χ1v) is 4.48. The molecule has 0 fully saturated rings. The summed E-state index contributed by atoms with van der Waals surface area (Å²) in [5, 5.41) is 11.0. The van der Waals surface area contributed by atoms with Crippen molar-refractivity contribution in [3.8, 4) is 5.88 Å². The molecule has 1 aromatic rings. The third-order valence-corrected chi connectivity index (χ3v) is 1.73. The predicted molar refractivity (Wildman–Crippen MR) is 51.4 cm³/mol. The quantitative estimate of drug-likeness (QED) is 0.832. The Labute approximate surface area is 90.1 Å². The van der Waals surface area contributed by atoms with Crippen molar-refractivity contribution in [2.24, 2.45) is 0 Å². The van der Waals surface area contributed by atoms with Gasteiger partial charge in [-0.3, -0.25) is 0 Å². The lowest BCUT2D eigenvalue weighted by atomic mass is 10.2. The van der Waals surface area contributed by atoms with E-state index in [9.17, 15) is 13.2 Å². The Morgan fingerprint density at radius 2 is 2.12 bits per heavy atom. The maximum atomic E-state index is 12.4. The van der Waals surface area contributed by atoms with Crippen molar-refractivity contribution >= 4 is 5.82 Å². The van der Waals surface area contributed by atoms with Crippen LogP contribution in [-0.4, -0.2) is 30.4 Å². The molecule has 0 aliphatic rings. The number of nitrogens with zero attached hydrogens (tertiary/aromatic N) is 1. The van der Waals surface area contributed by atoms with Crippen molar-refractivity contribution in [2.75, 3.05) is 25.6 Å². The molecule has 90 valence electrons. The Morgan fingerprint density at radius 3 is 2.62 bits per heavy atom. The smallest absolute Gasteiger partial charge is 0.416 e. The number of hydrogen-bond donors (Lipinski definition) is 2. The molecule has 16 heavy (non-hydrogen) atoms. The number of hydrogen-bond acceptors (Lipinski definition) is 4. The fourth-order valence-corrected chi connectivity index (χ4v) is 1.02. The van der Waals surface area contributed by atoms with E-state index in [2.05, 4.69) is 10.3 Å². The van der Waals surface area contributed by atoms with E-state index in [4.69, 9.17) is 9.84 Å². The molecule has 0 unspecified atom stereocenters. The number of aliphatic hydroxyl groups is 1. The minimum Gasteiger partial charge on any atom is -0.475 e. The van der Waals surface area contributed by atoms with Gasteiger partial charge in [0.05, 0.1) is 12.2 Å². The minimum absolute atomic E-state index is 0.0581. The van der Waals surface area contributed by atoms with Gasteiger partial charge in [-0.25, -0.2) is 0 Å². The molecule has 0 spiro atoms. The van der Waals surface area contributed by atoms with E-state index in [0.717, 1.165) is 12.1 Å². The van der Waals surface area contributed by atoms with E-state index >= 15 is 0 Å². The maximum absolute atomic E-state index is 12.4. The number of aliphatic hydroxyl groups excluding tert-OH is 1. The van der Waals surface area contributed by atoms with E-state index in [-0.39, 0.29) is 24.9 Å². The van der Waals surface area contributed by atoms with Gasteiger partial charge in [-0.2, -0.15) is 18.2 Å². The molecular formula is C9H11F3N2O2. The number of nitrogens with one attached hydrogen (secondary N) is 1. The van der Waals surface area contributed by atoms with Gasteiger partial charge in [0, 0.05) is 13.1 Å². The zero-order valence-corrected chi connectivity index (χ0v) is 8.51. The normalized spacial score (nSPS) is 11.3. The van der Waals surface area contributed by atoms with Crippen LogP contribution >= 0.6 is 0 Å². The molecule has 0 saturated heterocycles. The summed E-state index contributed by atoms with van der Waals surface area (Å²) in [5.41, 5.74) is -0.847. The molecule has 0 atom stereocenters. The Balaban J connectivity index is 3.01. The molecule has 0 bridgehead atoms. The number of rotatable bonds is 4. The molecule has 0 amide bonds. The van der Waals surface area contributed by atoms with E-state index in [0.29, 0.717) is 0 Å². The summed E-state index contributed by atoms with van der Waals surface area (Å²) >= 11 is 0. The first-order valence-electron chi connectivity index (χ1n) is 4.48. The number of ether oxygens (including phenoxy) is 1. The predicted octanol–water partition coefficient (Wildman–Crippen LogP) is 1.51. The van der Waals surface area contributed by atoms with E-state index in [1.807, 2.05) is 0 Å². The van der Waals surface area contributed by atoms with Crippen LogP contribution in [0.25, 0.3) is 0 Å². The molecule has 1 rings (SSSR count). The Hall–Kier alpha value is -1.50. The van der Waals surface area contributed by atoms with Crippen molar-refractivity contribution in [2.45, 2.75) is 6.18 Å². The molecule has 1 aromatic heterocycles. The molecule has 0 aliphatic heterocycles. The molecule has 2 N–H and O–H groups in total. The Kier molecular flexibility index (Phi) is 3.94. The highest BCUT2D eigenvalue weighted by Crippen LogP contribution is 2.32. The third-order valence-electron chi connectivity index (χ3n) is 1.73. The Morgan fingerprint density at radius 1 is 1.44 bits per heavy atom. The summed E-state index contributed by atoms with van der Waals surface area (Å²) in [7, 11) is 1.46. The van der Waals surface area contributed by atoms with Gasteiger partial charge in [0.25, 0.3) is 0 Å². The average Bonchev–Trinajstić information content (AvgIpc) is 2.24. The average molecular weight is 236 g/mol. The minimum atomic E-state index is -4.45. The number of anilines is 1. The van der Waals surface area contributed by atoms with Gasteiger partial charge in [-0.05, 0) is 6.07 Å². The fraction of sp³-hybridized carbons (Fsp3) is 0.444. The van der Waals surface area contributed by atoms with E-state index < -0.39 is 11.7 Å². The second-order valence-electron chi connectivity index (χ2n) is 2.90. The molecule has 1 heterocycles. The summed E-state index contributed by atoms with van der Waals surface area (Å²) in [5.74, 6) is -0.115. The molecular weight excluding hydrogens is 225 g/mol. The van der Waals surface area contributed by atoms with Crippen molar-refractivity contribution in [1.82, 2.24) is 4.98 Å². The lowest BCUT2D eigenvalue weighted by Gasteiger charge is -2.11. The summed E-state index contributed by atoms with van der Waals surface area (Å²) < 4.78 is 42.2. The van der Waals surface area contributed by atoms with Crippen LogP contribution in [0.5, 0.6) is 5.88 Å². The molecule has 7 heteroatoms. The van der Waals surface area contributed by atoms with Crippen LogP contribution in [0.3, 0.4) is 0 Å². The van der Waals surface area contributed by atoms with Crippen molar-refractivity contribution in [3.63, 3.8) is 0 Å². The lowest BCUT2D eigenvalue weighted by Crippen LogP contribution is -2.09. The van der Waals surface area contributed by atoms with Crippen LogP contribution in [0.1, 0.15) is 5.56 Å². The summed E-state index contributed by atoms with van der Waals surface area (Å²) in [6, 6.07) is 1.67. The van der Waals surface area contributed by atoms with Crippen LogP contribution in [0.4, 0.5) is 19.0 Å². The van der Waals surface area contributed by atoms with E-state index in [1.165, 1.54) is 7.05 Å². The fourth-order valence-electron chi connectivity index (χ4n) is 1.02. The van der Waals surface area contributed by atoms with Gasteiger partial charge >= 0.3 is 6.18 Å². The van der Waals surface area contributed by atoms with Crippen LogP contribution < -0.4 is 10.1 Å². The van der Waals surface area contributed by atoms with Crippen LogP contribution in [0.2, 0.25) is 0 Å². The highest BCUT2D eigenvalue weighted by atomic mass is 19.4. The highest BCUT2D eigenvalue weighted by molar-refractivity contribution is 5.42. The first-order chi connectivity index (χ1) is 7.47. The van der Waals surface area contributed by atoms with Gasteiger partial charge < -0.3 is 15.2 Å². The van der Waals surface area contributed by atoms with Gasteiger partial charge in [-0.15, -0.1) is 0 Å². The Bertz CT molecular complexity index is 355. The molecule has 4 nitrogen and oxygen atoms in total. The maximum Gasteiger partial charge on any atom is 0.416 e. The topological polar surface area (TPSA) is 54.4 Å². The van der Waals surface area contributed by atoms with Crippen LogP contribution in [-0.2, 0) is 6.18 Å². The zero-order chi connectivity index (χ0) is 12.2. The number of alkyl halides is 3. The number of halogens is 3. The van der Waals surface area contributed by atoms with Crippen molar-refractivity contribution in [1.29, 1.82) is 0 Å². The van der Waals surface area contributed by atoms with E-state index in [1.54, 1.807) is 0 Å². The van der Waals surface area contributed by atoms with Crippen molar-refractivity contribution < 1.29 is 23.0 Å². The summed E-state index contributed by atoms with van der Waals surface area (Å²) in [6.07, 6.45) is -4.45. The van der Waals surface area contributed by atoms with Crippen LogP contribution in [0, 0.1) is 0 Å². The SMILES string of the molecule is CNc1cc(C(F)(F)F)cc(OCCO)n1. The van der Waals surface area contributed by atoms with Gasteiger partial charge in [0.1, 0.15) is 12.4 Å². The second kappa shape index (κ2) is 5.02. The van der Waals surface area contributed by atoms with Gasteiger partial charge in [-0.1, -0.05) is 0 Å². The van der Waals surface area contributed by atoms with Crippen LogP contribution in [0.15, 0.2) is 12.1 Å². The lowest BCUT2D eigenvalue weighted by molar-refractivity contribution is -0.137. The summed E-state index contributed by atoms with van der Waals surface area (Å²) in [4.78, 5) is 3.76. The zero-order valence-electron chi connectivity index (χ0n) is 8.51. The molecule has 0 aromatic carbocycles. The molecule has 0 radical (unpaired) electrons. The number of pyridine rings is 1. The monoisotopic (exact) mass is 236 g/mol. The molecule has 0 saturated carbocycles. The molecule has 0 aliphatic carbocycles. The summed E-state index contributed by atoms with van der Waals surface area (Å²) in [6.45, 7) is -0.385. The van der Waals surface area contributed by atoms with Crippen molar-refractivity contribution in [3.05, 3.63) is 17.7 Å². The van der Waals surface area contributed by atoms with Gasteiger partial charge in [0.2, 0.25) is 5.88 Å². The highest BCUT2D eigenvalue weighted by Gasteiger charge is 2.31.